The van der Waals surface area contributed by atoms with Crippen molar-refractivity contribution in [1.82, 2.24) is 15.1 Å². The Morgan fingerprint density at radius 2 is 2.17 bits per heavy atom. The van der Waals surface area contributed by atoms with Gasteiger partial charge in [-0.25, -0.2) is 8.78 Å². The molecule has 0 aliphatic carbocycles. The third-order valence-electron chi connectivity index (χ3n) is 5.17. The first-order valence-electron chi connectivity index (χ1n) is 9.56. The number of rotatable bonds is 5. The van der Waals surface area contributed by atoms with Crippen molar-refractivity contribution in [3.63, 3.8) is 0 Å². The summed E-state index contributed by atoms with van der Waals surface area (Å²) in [5.74, 6) is -1.25. The van der Waals surface area contributed by atoms with Crippen molar-refractivity contribution < 1.29 is 18.0 Å². The Morgan fingerprint density at radius 3 is 2.93 bits per heavy atom. The van der Waals surface area contributed by atoms with Gasteiger partial charge in [0, 0.05) is 31.1 Å². The van der Waals surface area contributed by atoms with E-state index in [2.05, 4.69) is 10.4 Å². The lowest BCUT2D eigenvalue weighted by Gasteiger charge is -2.16. The van der Waals surface area contributed by atoms with Crippen molar-refractivity contribution in [2.75, 3.05) is 6.54 Å². The van der Waals surface area contributed by atoms with Gasteiger partial charge >= 0.3 is 0 Å². The molecule has 0 saturated heterocycles. The van der Waals surface area contributed by atoms with E-state index in [0.29, 0.717) is 5.56 Å². The average molecular weight is 400 g/mol. The second-order valence-electron chi connectivity index (χ2n) is 7.31. The zero-order valence-electron chi connectivity index (χ0n) is 16.0. The number of nitrogens with two attached hydrogens (primary N) is 1. The molecule has 1 amide bonds. The molecule has 1 aromatic carbocycles. The first-order valence-corrected chi connectivity index (χ1v) is 9.56. The summed E-state index contributed by atoms with van der Waals surface area (Å²) >= 11 is 0. The van der Waals surface area contributed by atoms with Gasteiger partial charge in [-0.3, -0.25) is 9.48 Å². The zero-order chi connectivity index (χ0) is 20.5. The molecular formula is C21H22F2N4O2. The monoisotopic (exact) mass is 400 g/mol. The molecule has 1 unspecified atom stereocenters. The van der Waals surface area contributed by atoms with Gasteiger partial charge in [-0.2, -0.15) is 5.10 Å². The number of fused-ring (bicyclic) bond motifs is 3. The van der Waals surface area contributed by atoms with Crippen LogP contribution >= 0.6 is 0 Å². The standard InChI is InChI=1S/C21H22F2N4O2/c1-12-11-25-27-6-2-3-18-15(20(12)27)9-19(29-18)21(28)26-14(10-24)7-13-4-5-16(22)17(23)8-13/h4-5,8-9,11,14H,2-3,6-7,10,24H2,1H3,(H,26,28). The number of furan rings is 1. The molecule has 152 valence electrons. The van der Waals surface area contributed by atoms with Crippen LogP contribution in [0.3, 0.4) is 0 Å². The summed E-state index contributed by atoms with van der Waals surface area (Å²) in [6, 6.07) is 4.95. The van der Waals surface area contributed by atoms with Gasteiger partial charge in [-0.05, 0) is 49.1 Å². The molecule has 3 heterocycles. The third kappa shape index (κ3) is 3.80. The van der Waals surface area contributed by atoms with Gasteiger partial charge in [0.05, 0.1) is 11.9 Å². The quantitative estimate of drug-likeness (QED) is 0.690. The summed E-state index contributed by atoms with van der Waals surface area (Å²) < 4.78 is 34.3. The highest BCUT2D eigenvalue weighted by atomic mass is 19.2. The summed E-state index contributed by atoms with van der Waals surface area (Å²) in [5.41, 5.74) is 9.21. The Balaban J connectivity index is 1.53. The zero-order valence-corrected chi connectivity index (χ0v) is 16.0. The number of hydrogen-bond donors (Lipinski definition) is 2. The SMILES string of the molecule is Cc1cnn2c1-c1cc(C(=O)NC(CN)Cc3ccc(F)c(F)c3)oc1CCC2. The maximum Gasteiger partial charge on any atom is 0.287 e. The number of hydrogen-bond acceptors (Lipinski definition) is 4. The van der Waals surface area contributed by atoms with E-state index >= 15 is 0 Å². The third-order valence-corrected chi connectivity index (χ3v) is 5.17. The average Bonchev–Trinajstić information content (AvgIpc) is 3.23. The van der Waals surface area contributed by atoms with Crippen LogP contribution in [0.15, 0.2) is 34.9 Å². The normalized spacial score (nSPS) is 14.1. The van der Waals surface area contributed by atoms with Crippen LogP contribution in [-0.2, 0) is 19.4 Å². The van der Waals surface area contributed by atoms with E-state index in [1.165, 1.54) is 6.07 Å². The first-order chi connectivity index (χ1) is 14.0. The number of carbonyl (C=O) groups excluding carboxylic acids is 1. The van der Waals surface area contributed by atoms with Crippen LogP contribution in [0.5, 0.6) is 0 Å². The van der Waals surface area contributed by atoms with Crippen LogP contribution < -0.4 is 11.1 Å². The highest BCUT2D eigenvalue weighted by Crippen LogP contribution is 2.33. The molecule has 1 aliphatic rings. The van der Waals surface area contributed by atoms with Crippen molar-refractivity contribution >= 4 is 5.91 Å². The Morgan fingerprint density at radius 1 is 1.34 bits per heavy atom. The van der Waals surface area contributed by atoms with Crippen LogP contribution in [0.4, 0.5) is 8.78 Å². The van der Waals surface area contributed by atoms with E-state index in [0.717, 1.165) is 54.1 Å². The Hall–Kier alpha value is -3.00. The largest absolute Gasteiger partial charge is 0.455 e. The second-order valence-corrected chi connectivity index (χ2v) is 7.31. The summed E-state index contributed by atoms with van der Waals surface area (Å²) in [4.78, 5) is 12.7. The molecule has 29 heavy (non-hydrogen) atoms. The smallest absolute Gasteiger partial charge is 0.287 e. The number of carbonyl (C=O) groups is 1. The van der Waals surface area contributed by atoms with Gasteiger partial charge in [-0.15, -0.1) is 0 Å². The minimum atomic E-state index is -0.925. The van der Waals surface area contributed by atoms with Gasteiger partial charge in [0.15, 0.2) is 17.4 Å². The Labute approximate surface area is 166 Å². The van der Waals surface area contributed by atoms with Gasteiger partial charge < -0.3 is 15.5 Å². The summed E-state index contributed by atoms with van der Waals surface area (Å²) in [5, 5.41) is 7.22. The topological polar surface area (TPSA) is 86.1 Å². The van der Waals surface area contributed by atoms with E-state index in [4.69, 9.17) is 10.2 Å². The molecule has 0 bridgehead atoms. The maximum atomic E-state index is 13.4. The van der Waals surface area contributed by atoms with Crippen molar-refractivity contribution in [3.05, 3.63) is 64.7 Å². The number of nitrogens with one attached hydrogen (secondary N) is 1. The highest BCUT2D eigenvalue weighted by Gasteiger charge is 2.25. The molecule has 0 radical (unpaired) electrons. The van der Waals surface area contributed by atoms with Gasteiger partial charge in [0.2, 0.25) is 0 Å². The maximum absolute atomic E-state index is 13.4. The molecular weight excluding hydrogens is 378 g/mol. The van der Waals surface area contributed by atoms with Crippen molar-refractivity contribution in [1.29, 1.82) is 0 Å². The van der Waals surface area contributed by atoms with Crippen molar-refractivity contribution in [2.24, 2.45) is 5.73 Å². The van der Waals surface area contributed by atoms with Gasteiger partial charge in [-0.1, -0.05) is 6.07 Å². The predicted molar refractivity (Wildman–Crippen MR) is 103 cm³/mol. The fourth-order valence-electron chi connectivity index (χ4n) is 3.72. The van der Waals surface area contributed by atoms with Crippen LogP contribution in [0.1, 0.15) is 33.9 Å². The minimum Gasteiger partial charge on any atom is -0.455 e. The van der Waals surface area contributed by atoms with E-state index in [9.17, 15) is 13.6 Å². The fraction of sp³-hybridized carbons (Fsp3) is 0.333. The fourth-order valence-corrected chi connectivity index (χ4v) is 3.72. The minimum absolute atomic E-state index is 0.150. The van der Waals surface area contributed by atoms with Gasteiger partial charge in [0.25, 0.3) is 5.91 Å². The summed E-state index contributed by atoms with van der Waals surface area (Å²) in [6.07, 6.45) is 3.69. The molecule has 0 spiro atoms. The van der Waals surface area contributed by atoms with Crippen molar-refractivity contribution in [2.45, 2.75) is 38.8 Å². The molecule has 3 N–H and O–H groups in total. The predicted octanol–water partition coefficient (Wildman–Crippen LogP) is 2.98. The highest BCUT2D eigenvalue weighted by molar-refractivity contribution is 5.93. The molecule has 2 aromatic heterocycles. The van der Waals surface area contributed by atoms with Crippen LogP contribution in [0, 0.1) is 18.6 Å². The number of amides is 1. The molecule has 1 aliphatic heterocycles. The Bertz CT molecular complexity index is 1060. The molecule has 3 aromatic rings. The number of aryl methyl sites for hydroxylation is 3. The second kappa shape index (κ2) is 7.79. The molecule has 1 atom stereocenters. The van der Waals surface area contributed by atoms with Crippen LogP contribution in [0.2, 0.25) is 0 Å². The van der Waals surface area contributed by atoms with Crippen LogP contribution in [0.25, 0.3) is 11.3 Å². The van der Waals surface area contributed by atoms with Crippen LogP contribution in [-0.4, -0.2) is 28.3 Å². The molecule has 6 nitrogen and oxygen atoms in total. The van der Waals surface area contributed by atoms with E-state index in [1.807, 2.05) is 17.8 Å². The summed E-state index contributed by atoms with van der Waals surface area (Å²) in [6.45, 7) is 2.93. The first kappa shape index (κ1) is 19.3. The molecule has 8 heteroatoms. The number of nitrogens with zero attached hydrogens (tertiary/aromatic N) is 2. The molecule has 0 fully saturated rings. The lowest BCUT2D eigenvalue weighted by molar-refractivity contribution is 0.0908. The van der Waals surface area contributed by atoms with Crippen molar-refractivity contribution in [3.8, 4) is 11.3 Å². The van der Waals surface area contributed by atoms with E-state index < -0.39 is 17.7 Å². The Kier molecular flexibility index (Phi) is 5.19. The molecule has 4 rings (SSSR count). The molecule has 0 saturated carbocycles. The van der Waals surface area contributed by atoms with E-state index in [1.54, 1.807) is 6.07 Å². The van der Waals surface area contributed by atoms with Gasteiger partial charge in [0.1, 0.15) is 5.76 Å². The number of halogens is 2. The lowest BCUT2D eigenvalue weighted by atomic mass is 10.1. The summed E-state index contributed by atoms with van der Waals surface area (Å²) in [7, 11) is 0. The van der Waals surface area contributed by atoms with E-state index in [-0.39, 0.29) is 24.6 Å². The number of aromatic nitrogens is 2. The number of benzene rings is 1. The lowest BCUT2D eigenvalue weighted by Crippen LogP contribution is -2.41.